The Morgan fingerprint density at radius 1 is 0.622 bits per heavy atom. The van der Waals surface area contributed by atoms with Crippen LogP contribution in [0.1, 0.15) is 130 Å². The Bertz CT molecular complexity index is 1030. The Morgan fingerprint density at radius 2 is 1.00 bits per heavy atom. The van der Waals surface area contributed by atoms with E-state index in [-0.39, 0.29) is 30.7 Å². The Hall–Kier alpha value is -1.28. The van der Waals surface area contributed by atoms with Gasteiger partial charge in [-0.3, -0.25) is 0 Å². The predicted octanol–water partition coefficient (Wildman–Crippen LogP) is 10.6. The first-order chi connectivity index (χ1) is 16.8. The Kier molecular flexibility index (Phi) is 11.6. The summed E-state index contributed by atoms with van der Waals surface area (Å²) in [7, 11) is 1.49. The Labute approximate surface area is 235 Å². The number of ether oxygens (including phenoxy) is 1. The van der Waals surface area contributed by atoms with E-state index < -0.39 is 0 Å². The highest BCUT2D eigenvalue weighted by Gasteiger charge is 2.29. The lowest BCUT2D eigenvalue weighted by atomic mass is 9.76. The van der Waals surface area contributed by atoms with Crippen LogP contribution in [0.2, 0.25) is 0 Å². The van der Waals surface area contributed by atoms with Crippen LogP contribution in [0.15, 0.2) is 24.3 Å². The number of benzene rings is 2. The van der Waals surface area contributed by atoms with E-state index in [0.29, 0.717) is 6.42 Å². The molecule has 0 saturated heterocycles. The van der Waals surface area contributed by atoms with Crippen LogP contribution in [-0.4, -0.2) is 7.11 Å². The molecule has 0 N–H and O–H groups in total. The summed E-state index contributed by atoms with van der Waals surface area (Å²) in [5.41, 5.74) is 7.07. The van der Waals surface area contributed by atoms with Gasteiger partial charge in [-0.2, -0.15) is 0 Å². The number of hydrogen-bond acceptors (Lipinski definition) is 3. The van der Waals surface area contributed by atoms with E-state index in [0.717, 1.165) is 28.2 Å². The predicted molar refractivity (Wildman–Crippen MR) is 164 cm³/mol. The van der Waals surface area contributed by atoms with Gasteiger partial charge in [0.25, 0.3) is 0 Å². The van der Waals surface area contributed by atoms with Gasteiger partial charge in [0.2, 0.25) is 9.03 Å². The molecular weight excluding hydrogens is 499 g/mol. The standard InChI is InChI=1S/C30H46ClO3P.C2H6/c1-27(2,3)21-15-19(25(32-13)23(17-21)29(7,8)9)14-20-16-22(28(4,5)6)18-24(30(10,11)12)26(20)33-35-34-31;1-2/h15-18,35H,14H2,1-13H3;1-2H3. The first kappa shape index (κ1) is 33.7. The molecule has 5 heteroatoms. The lowest BCUT2D eigenvalue weighted by Gasteiger charge is -2.31. The quantitative estimate of drug-likeness (QED) is 0.335. The van der Waals surface area contributed by atoms with Crippen LogP contribution < -0.4 is 9.26 Å². The second kappa shape index (κ2) is 12.7. The fourth-order valence-electron chi connectivity index (χ4n) is 4.24. The summed E-state index contributed by atoms with van der Waals surface area (Å²) in [6, 6.07) is 9.18. The average Bonchev–Trinajstić information content (AvgIpc) is 2.76. The van der Waals surface area contributed by atoms with E-state index in [4.69, 9.17) is 25.2 Å². The van der Waals surface area contributed by atoms with Crippen LogP contribution in [0.4, 0.5) is 0 Å². The third kappa shape index (κ3) is 8.87. The molecule has 2 aromatic carbocycles. The van der Waals surface area contributed by atoms with E-state index in [2.05, 4.69) is 107 Å². The van der Waals surface area contributed by atoms with Gasteiger partial charge in [-0.05, 0) is 43.9 Å². The third-order valence-electron chi connectivity index (χ3n) is 6.44. The molecule has 1 atom stereocenters. The maximum absolute atomic E-state index is 6.19. The summed E-state index contributed by atoms with van der Waals surface area (Å²) in [6.07, 6.45) is 0.686. The minimum Gasteiger partial charge on any atom is -0.496 e. The van der Waals surface area contributed by atoms with Gasteiger partial charge in [-0.25, -0.2) is 4.08 Å². The summed E-state index contributed by atoms with van der Waals surface area (Å²) in [4.78, 5) is 0. The molecule has 0 spiro atoms. The van der Waals surface area contributed by atoms with Crippen LogP contribution in [0.25, 0.3) is 0 Å². The molecule has 0 heterocycles. The zero-order chi connectivity index (χ0) is 29.0. The number of methoxy groups -OCH3 is 1. The molecule has 210 valence electrons. The first-order valence-electron chi connectivity index (χ1n) is 13.4. The molecule has 0 radical (unpaired) electrons. The van der Waals surface area contributed by atoms with E-state index >= 15 is 0 Å². The second-order valence-electron chi connectivity index (χ2n) is 13.7. The van der Waals surface area contributed by atoms with Crippen molar-refractivity contribution < 1.29 is 13.3 Å². The van der Waals surface area contributed by atoms with Crippen LogP contribution >= 0.6 is 20.9 Å². The van der Waals surface area contributed by atoms with Crippen molar-refractivity contribution in [2.75, 3.05) is 7.11 Å². The van der Waals surface area contributed by atoms with Gasteiger partial charge in [0.15, 0.2) is 0 Å². The maximum atomic E-state index is 6.19. The highest BCUT2D eigenvalue weighted by Crippen LogP contribution is 2.44. The SMILES string of the molecule is CC.COc1c(Cc2cc(C(C)(C)C)cc(C(C)(C)C)c2OPOCl)cc(C(C)(C)C)cc1C(C)(C)C. The number of rotatable bonds is 6. The minimum absolute atomic E-state index is 0.00748. The zero-order valence-corrected chi connectivity index (χ0v) is 27.9. The van der Waals surface area contributed by atoms with E-state index in [1.54, 1.807) is 7.11 Å². The van der Waals surface area contributed by atoms with Gasteiger partial charge in [-0.1, -0.05) is 121 Å². The van der Waals surface area contributed by atoms with E-state index in [1.807, 2.05) is 13.8 Å². The molecule has 1 unspecified atom stereocenters. The van der Waals surface area contributed by atoms with Gasteiger partial charge in [0.05, 0.1) is 19.0 Å². The largest absolute Gasteiger partial charge is 0.496 e. The van der Waals surface area contributed by atoms with Crippen molar-refractivity contribution >= 4 is 20.9 Å². The Morgan fingerprint density at radius 3 is 1.32 bits per heavy atom. The van der Waals surface area contributed by atoms with Crippen molar-refractivity contribution in [3.8, 4) is 11.5 Å². The molecule has 3 nitrogen and oxygen atoms in total. The summed E-state index contributed by atoms with van der Waals surface area (Å²) >= 11 is 5.59. The molecule has 0 saturated carbocycles. The molecule has 37 heavy (non-hydrogen) atoms. The van der Waals surface area contributed by atoms with Gasteiger partial charge in [-0.15, -0.1) is 0 Å². The molecule has 0 aliphatic heterocycles. The topological polar surface area (TPSA) is 27.7 Å². The maximum Gasteiger partial charge on any atom is 0.234 e. The highest BCUT2D eigenvalue weighted by molar-refractivity contribution is 7.28. The van der Waals surface area contributed by atoms with Crippen LogP contribution in [0.5, 0.6) is 11.5 Å². The Balaban J connectivity index is 0.00000334. The lowest BCUT2D eigenvalue weighted by Crippen LogP contribution is -2.20. The molecule has 0 amide bonds. The van der Waals surface area contributed by atoms with Gasteiger partial charge in [0, 0.05) is 17.5 Å². The van der Waals surface area contributed by atoms with Crippen molar-refractivity contribution in [3.63, 3.8) is 0 Å². The molecular formula is C32H52ClO3P. The smallest absolute Gasteiger partial charge is 0.234 e. The average molecular weight is 551 g/mol. The minimum atomic E-state index is -0.283. The third-order valence-corrected chi connectivity index (χ3v) is 6.98. The second-order valence-corrected chi connectivity index (χ2v) is 14.7. The molecule has 0 bridgehead atoms. The van der Waals surface area contributed by atoms with Gasteiger partial charge >= 0.3 is 0 Å². The van der Waals surface area contributed by atoms with Gasteiger partial charge in [0.1, 0.15) is 11.5 Å². The highest BCUT2D eigenvalue weighted by atomic mass is 35.5. The summed E-state index contributed by atoms with van der Waals surface area (Å²) < 4.78 is 17.1. The summed E-state index contributed by atoms with van der Waals surface area (Å²) in [6.45, 7) is 30.9. The fraction of sp³-hybridized carbons (Fsp3) is 0.625. The molecule has 0 aromatic heterocycles. The summed E-state index contributed by atoms with van der Waals surface area (Å²) in [5, 5.41) is 0. The first-order valence-corrected chi connectivity index (χ1v) is 14.5. The van der Waals surface area contributed by atoms with Gasteiger partial charge < -0.3 is 9.26 Å². The molecule has 0 fully saturated rings. The molecule has 2 rings (SSSR count). The molecule has 2 aromatic rings. The van der Waals surface area contributed by atoms with Crippen LogP contribution in [-0.2, 0) is 32.2 Å². The van der Waals surface area contributed by atoms with Crippen LogP contribution in [0, 0.1) is 0 Å². The van der Waals surface area contributed by atoms with Crippen molar-refractivity contribution in [2.24, 2.45) is 0 Å². The van der Waals surface area contributed by atoms with Crippen molar-refractivity contribution in [2.45, 2.75) is 125 Å². The fourth-order valence-corrected chi connectivity index (χ4v) is 4.70. The molecule has 0 aliphatic rings. The number of halogens is 1. The van der Waals surface area contributed by atoms with Crippen molar-refractivity contribution in [3.05, 3.63) is 57.6 Å². The molecule has 0 aliphatic carbocycles. The normalized spacial score (nSPS) is 13.0. The monoisotopic (exact) mass is 550 g/mol. The van der Waals surface area contributed by atoms with E-state index in [9.17, 15) is 0 Å². The van der Waals surface area contributed by atoms with E-state index in [1.165, 1.54) is 16.7 Å². The van der Waals surface area contributed by atoms with Crippen molar-refractivity contribution in [1.82, 2.24) is 0 Å². The zero-order valence-electron chi connectivity index (χ0n) is 26.1. The van der Waals surface area contributed by atoms with Crippen LogP contribution in [0.3, 0.4) is 0 Å². The summed E-state index contributed by atoms with van der Waals surface area (Å²) in [5.74, 6) is 1.80. The number of hydrogen-bond donors (Lipinski definition) is 0. The van der Waals surface area contributed by atoms with Crippen molar-refractivity contribution in [1.29, 1.82) is 0 Å². The lowest BCUT2D eigenvalue weighted by molar-refractivity contribution is 0.392.